The van der Waals surface area contributed by atoms with Gasteiger partial charge in [-0.2, -0.15) is 0 Å². The minimum absolute atomic E-state index is 0.181. The fourth-order valence-electron chi connectivity index (χ4n) is 2.95. The zero-order chi connectivity index (χ0) is 14.0. The number of amides is 1. The molecule has 0 heterocycles. The molecule has 0 spiro atoms. The second-order valence-corrected chi connectivity index (χ2v) is 5.82. The smallest absolute Gasteiger partial charge is 0.234 e. The average molecular weight is 260 g/mol. The Morgan fingerprint density at radius 1 is 1.37 bits per heavy atom. The van der Waals surface area contributed by atoms with Crippen LogP contribution in [0.4, 0.5) is 5.69 Å². The largest absolute Gasteiger partial charge is 0.319 e. The van der Waals surface area contributed by atoms with E-state index in [1.807, 2.05) is 19.0 Å². The molecule has 1 saturated carbocycles. The number of anilines is 1. The van der Waals surface area contributed by atoms with Crippen molar-refractivity contribution in [1.29, 1.82) is 0 Å². The molecule has 0 atom stereocenters. The van der Waals surface area contributed by atoms with E-state index < -0.39 is 0 Å². The van der Waals surface area contributed by atoms with Crippen LogP contribution in [0.15, 0.2) is 18.2 Å². The number of benzene rings is 1. The predicted molar refractivity (Wildman–Crippen MR) is 79.5 cm³/mol. The van der Waals surface area contributed by atoms with Gasteiger partial charge in [0.2, 0.25) is 5.91 Å². The lowest BCUT2D eigenvalue weighted by molar-refractivity contribution is -0.132. The van der Waals surface area contributed by atoms with Gasteiger partial charge in [0.1, 0.15) is 0 Å². The number of nitrogens with one attached hydrogen (secondary N) is 1. The summed E-state index contributed by atoms with van der Waals surface area (Å²) in [5.41, 5.74) is 3.20. The van der Waals surface area contributed by atoms with Crippen molar-refractivity contribution >= 4 is 11.6 Å². The van der Waals surface area contributed by atoms with E-state index in [0.29, 0.717) is 0 Å². The van der Waals surface area contributed by atoms with Gasteiger partial charge >= 0.3 is 0 Å². The Morgan fingerprint density at radius 3 is 2.58 bits per heavy atom. The van der Waals surface area contributed by atoms with Crippen LogP contribution in [0, 0.1) is 19.3 Å². The Labute approximate surface area is 116 Å². The first-order chi connectivity index (χ1) is 9.00. The van der Waals surface area contributed by atoms with Crippen molar-refractivity contribution in [1.82, 2.24) is 5.32 Å². The predicted octanol–water partition coefficient (Wildman–Crippen LogP) is 2.66. The minimum atomic E-state index is -0.181. The number of nitrogens with zero attached hydrogens (tertiary/aromatic N) is 1. The number of hydrogen-bond acceptors (Lipinski definition) is 2. The lowest BCUT2D eigenvalue weighted by Gasteiger charge is -2.42. The van der Waals surface area contributed by atoms with Crippen molar-refractivity contribution in [2.24, 2.45) is 5.41 Å². The lowest BCUT2D eigenvalue weighted by atomic mass is 9.67. The molecule has 1 N–H and O–H groups in total. The molecule has 0 saturated heterocycles. The molecule has 1 aromatic rings. The van der Waals surface area contributed by atoms with Gasteiger partial charge in [-0.05, 0) is 50.9 Å². The van der Waals surface area contributed by atoms with Crippen LogP contribution in [0.5, 0.6) is 0 Å². The molecule has 0 radical (unpaired) electrons. The number of carbonyl (C=O) groups excluding carboxylic acids is 1. The summed E-state index contributed by atoms with van der Waals surface area (Å²) >= 11 is 0. The Kier molecular flexibility index (Phi) is 3.95. The maximum atomic E-state index is 12.8. The van der Waals surface area contributed by atoms with Gasteiger partial charge in [-0.25, -0.2) is 0 Å². The van der Waals surface area contributed by atoms with Crippen LogP contribution in [0.25, 0.3) is 0 Å². The van der Waals surface area contributed by atoms with Gasteiger partial charge in [0, 0.05) is 19.3 Å². The number of carbonyl (C=O) groups is 1. The van der Waals surface area contributed by atoms with Crippen molar-refractivity contribution in [3.05, 3.63) is 29.3 Å². The second kappa shape index (κ2) is 5.33. The normalized spacial score (nSPS) is 16.8. The summed E-state index contributed by atoms with van der Waals surface area (Å²) in [6.45, 7) is 4.90. The SMILES string of the molecule is CNCC1(C(=O)N(C)c2cc(C)ccc2C)CCC1. The summed E-state index contributed by atoms with van der Waals surface area (Å²) < 4.78 is 0. The molecule has 0 aliphatic heterocycles. The molecular weight excluding hydrogens is 236 g/mol. The Bertz CT molecular complexity index is 478. The van der Waals surface area contributed by atoms with Gasteiger partial charge in [0.15, 0.2) is 0 Å². The molecule has 19 heavy (non-hydrogen) atoms. The summed E-state index contributed by atoms with van der Waals surface area (Å²) in [6.07, 6.45) is 3.16. The molecule has 3 nitrogen and oxygen atoms in total. The highest BCUT2D eigenvalue weighted by molar-refractivity contribution is 5.98. The molecule has 1 aliphatic carbocycles. The first-order valence-corrected chi connectivity index (χ1v) is 7.00. The third-order valence-corrected chi connectivity index (χ3v) is 4.31. The summed E-state index contributed by atoms with van der Waals surface area (Å²) in [5.74, 6) is 0.252. The van der Waals surface area contributed by atoms with Crippen LogP contribution in [0.3, 0.4) is 0 Å². The average Bonchev–Trinajstić information content (AvgIpc) is 2.35. The van der Waals surface area contributed by atoms with Gasteiger partial charge in [-0.3, -0.25) is 4.79 Å². The van der Waals surface area contributed by atoms with Gasteiger partial charge in [0.05, 0.1) is 5.41 Å². The van der Waals surface area contributed by atoms with Crippen LogP contribution < -0.4 is 10.2 Å². The number of aryl methyl sites for hydroxylation is 2. The van der Waals surface area contributed by atoms with Crippen LogP contribution in [-0.2, 0) is 4.79 Å². The Hall–Kier alpha value is -1.35. The van der Waals surface area contributed by atoms with E-state index in [1.165, 1.54) is 5.56 Å². The molecular formula is C16H24N2O. The molecule has 1 aliphatic rings. The van der Waals surface area contributed by atoms with E-state index in [1.54, 1.807) is 0 Å². The lowest BCUT2D eigenvalue weighted by Crippen LogP contribution is -2.51. The molecule has 0 aromatic heterocycles. The van der Waals surface area contributed by atoms with E-state index in [-0.39, 0.29) is 11.3 Å². The zero-order valence-corrected chi connectivity index (χ0v) is 12.4. The van der Waals surface area contributed by atoms with Gasteiger partial charge < -0.3 is 10.2 Å². The molecule has 1 fully saturated rings. The maximum absolute atomic E-state index is 12.8. The third-order valence-electron chi connectivity index (χ3n) is 4.31. The Morgan fingerprint density at radius 2 is 2.05 bits per heavy atom. The maximum Gasteiger partial charge on any atom is 0.234 e. The second-order valence-electron chi connectivity index (χ2n) is 5.82. The highest BCUT2D eigenvalue weighted by Crippen LogP contribution is 2.42. The van der Waals surface area contributed by atoms with Crippen molar-refractivity contribution in [2.75, 3.05) is 25.5 Å². The third kappa shape index (κ3) is 2.52. The van der Waals surface area contributed by atoms with Gasteiger partial charge in [-0.1, -0.05) is 18.6 Å². The summed E-state index contributed by atoms with van der Waals surface area (Å²) in [7, 11) is 3.82. The van der Waals surface area contributed by atoms with Gasteiger partial charge in [0.25, 0.3) is 0 Å². The van der Waals surface area contributed by atoms with Crippen LogP contribution >= 0.6 is 0 Å². The van der Waals surface area contributed by atoms with Crippen molar-refractivity contribution < 1.29 is 4.79 Å². The monoisotopic (exact) mass is 260 g/mol. The topological polar surface area (TPSA) is 32.3 Å². The summed E-state index contributed by atoms with van der Waals surface area (Å²) in [6, 6.07) is 6.27. The van der Waals surface area contributed by atoms with Gasteiger partial charge in [-0.15, -0.1) is 0 Å². The van der Waals surface area contributed by atoms with E-state index in [9.17, 15) is 4.79 Å². The molecule has 104 valence electrons. The standard InChI is InChI=1S/C16H24N2O/c1-12-6-7-13(2)14(10-12)18(4)15(19)16(11-17-3)8-5-9-16/h6-7,10,17H,5,8-9,11H2,1-4H3. The fourth-order valence-corrected chi connectivity index (χ4v) is 2.95. The van der Waals surface area contributed by atoms with E-state index >= 15 is 0 Å². The van der Waals surface area contributed by atoms with E-state index in [0.717, 1.165) is 37.1 Å². The van der Waals surface area contributed by atoms with Crippen molar-refractivity contribution in [2.45, 2.75) is 33.1 Å². The molecule has 0 unspecified atom stereocenters. The first-order valence-electron chi connectivity index (χ1n) is 7.00. The zero-order valence-electron chi connectivity index (χ0n) is 12.4. The molecule has 1 aromatic carbocycles. The molecule has 1 amide bonds. The highest BCUT2D eigenvalue weighted by atomic mass is 16.2. The van der Waals surface area contributed by atoms with E-state index in [4.69, 9.17) is 0 Å². The van der Waals surface area contributed by atoms with Crippen LogP contribution in [0.1, 0.15) is 30.4 Å². The van der Waals surface area contributed by atoms with Crippen molar-refractivity contribution in [3.63, 3.8) is 0 Å². The quantitative estimate of drug-likeness (QED) is 0.902. The summed E-state index contributed by atoms with van der Waals surface area (Å²) in [4.78, 5) is 14.6. The summed E-state index contributed by atoms with van der Waals surface area (Å²) in [5, 5.41) is 3.18. The van der Waals surface area contributed by atoms with Crippen molar-refractivity contribution in [3.8, 4) is 0 Å². The molecule has 2 rings (SSSR count). The number of hydrogen-bond donors (Lipinski definition) is 1. The number of rotatable bonds is 4. The first kappa shape index (κ1) is 14.1. The minimum Gasteiger partial charge on any atom is -0.319 e. The highest BCUT2D eigenvalue weighted by Gasteiger charge is 2.45. The molecule has 0 bridgehead atoms. The molecule has 3 heteroatoms. The van der Waals surface area contributed by atoms with Crippen LogP contribution in [-0.4, -0.2) is 26.5 Å². The Balaban J connectivity index is 2.25. The fraction of sp³-hybridized carbons (Fsp3) is 0.562. The van der Waals surface area contributed by atoms with E-state index in [2.05, 4.69) is 37.4 Å². The van der Waals surface area contributed by atoms with Crippen LogP contribution in [0.2, 0.25) is 0 Å².